The summed E-state index contributed by atoms with van der Waals surface area (Å²) in [7, 11) is 1.78. The van der Waals surface area contributed by atoms with Gasteiger partial charge in [0.05, 0.1) is 0 Å². The Hall–Kier alpha value is -0.0800. The number of ether oxygens (including phenoxy) is 1. The molecule has 1 unspecified atom stereocenters. The van der Waals surface area contributed by atoms with Crippen molar-refractivity contribution >= 4 is 0 Å². The van der Waals surface area contributed by atoms with Gasteiger partial charge in [-0.25, -0.2) is 0 Å². The number of hydrogen-bond acceptors (Lipinski definition) is 2. The largest absolute Gasteiger partial charge is 0.385 e. The van der Waals surface area contributed by atoms with Crippen LogP contribution < -0.4 is 5.32 Å². The summed E-state index contributed by atoms with van der Waals surface area (Å²) in [6.07, 6.45) is 7.84. The molecule has 0 aromatic rings. The first-order valence-electron chi connectivity index (χ1n) is 5.57. The lowest BCUT2D eigenvalue weighted by Gasteiger charge is -2.28. The molecule has 0 aromatic heterocycles. The molecule has 1 fully saturated rings. The smallest absolute Gasteiger partial charge is 0.0462 e. The normalized spacial score (nSPS) is 28.2. The lowest BCUT2D eigenvalue weighted by molar-refractivity contribution is 0.187. The highest BCUT2D eigenvalue weighted by Gasteiger charge is 2.30. The summed E-state index contributed by atoms with van der Waals surface area (Å²) in [5.41, 5.74) is 0.480. The van der Waals surface area contributed by atoms with E-state index in [4.69, 9.17) is 4.74 Å². The maximum atomic E-state index is 5.05. The fourth-order valence-electron chi connectivity index (χ4n) is 2.27. The second-order valence-corrected chi connectivity index (χ2v) is 4.11. The van der Waals surface area contributed by atoms with E-state index in [1.54, 1.807) is 7.11 Å². The maximum Gasteiger partial charge on any atom is 0.0462 e. The van der Waals surface area contributed by atoms with Crippen LogP contribution in [0.15, 0.2) is 0 Å². The molecule has 1 atom stereocenters. The lowest BCUT2D eigenvalue weighted by atomic mass is 9.88. The topological polar surface area (TPSA) is 21.3 Å². The van der Waals surface area contributed by atoms with Gasteiger partial charge in [0.15, 0.2) is 0 Å². The molecular formula is C11H23NO. The highest BCUT2D eigenvalue weighted by molar-refractivity contribution is 4.91. The van der Waals surface area contributed by atoms with Gasteiger partial charge in [0.1, 0.15) is 0 Å². The van der Waals surface area contributed by atoms with E-state index in [-0.39, 0.29) is 0 Å². The van der Waals surface area contributed by atoms with Gasteiger partial charge in [-0.3, -0.25) is 0 Å². The van der Waals surface area contributed by atoms with Gasteiger partial charge in [0, 0.05) is 19.3 Å². The van der Waals surface area contributed by atoms with E-state index in [0.29, 0.717) is 5.54 Å². The molecule has 0 aromatic carbocycles. The molecule has 2 heteroatoms. The predicted molar refractivity (Wildman–Crippen MR) is 56.0 cm³/mol. The van der Waals surface area contributed by atoms with Crippen LogP contribution in [-0.4, -0.2) is 25.8 Å². The molecule has 0 radical (unpaired) electrons. The Morgan fingerprint density at radius 1 is 1.38 bits per heavy atom. The third-order valence-electron chi connectivity index (χ3n) is 3.26. The first-order chi connectivity index (χ1) is 6.33. The molecule has 1 saturated heterocycles. The quantitative estimate of drug-likeness (QED) is 0.641. The van der Waals surface area contributed by atoms with E-state index in [9.17, 15) is 0 Å². The average Bonchev–Trinajstić information content (AvgIpc) is 2.62. The van der Waals surface area contributed by atoms with Gasteiger partial charge in [-0.05, 0) is 45.1 Å². The van der Waals surface area contributed by atoms with Gasteiger partial charge in [-0.1, -0.05) is 6.92 Å². The SMILES string of the molecule is CCC1(CCCCOC)CCCN1. The van der Waals surface area contributed by atoms with E-state index < -0.39 is 0 Å². The van der Waals surface area contributed by atoms with Crippen LogP contribution in [0.1, 0.15) is 45.4 Å². The zero-order valence-corrected chi connectivity index (χ0v) is 9.07. The van der Waals surface area contributed by atoms with Crippen LogP contribution in [-0.2, 0) is 4.74 Å². The predicted octanol–water partition coefficient (Wildman–Crippen LogP) is 2.34. The number of rotatable bonds is 6. The molecule has 0 saturated carbocycles. The van der Waals surface area contributed by atoms with Gasteiger partial charge in [0.25, 0.3) is 0 Å². The monoisotopic (exact) mass is 185 g/mol. The zero-order valence-electron chi connectivity index (χ0n) is 9.07. The first kappa shape index (κ1) is 11.0. The highest BCUT2D eigenvalue weighted by Crippen LogP contribution is 2.28. The maximum absolute atomic E-state index is 5.05. The second kappa shape index (κ2) is 5.61. The Morgan fingerprint density at radius 2 is 2.23 bits per heavy atom. The Bertz CT molecular complexity index is 130. The van der Waals surface area contributed by atoms with Gasteiger partial charge < -0.3 is 10.1 Å². The number of methoxy groups -OCH3 is 1. The molecule has 0 spiro atoms. The Morgan fingerprint density at radius 3 is 2.77 bits per heavy atom. The minimum atomic E-state index is 0.480. The molecule has 1 heterocycles. The molecule has 2 nitrogen and oxygen atoms in total. The Kier molecular flexibility index (Phi) is 4.74. The number of hydrogen-bond donors (Lipinski definition) is 1. The van der Waals surface area contributed by atoms with Crippen molar-refractivity contribution in [3.63, 3.8) is 0 Å². The Labute approximate surface area is 82.0 Å². The summed E-state index contributed by atoms with van der Waals surface area (Å²) in [4.78, 5) is 0. The van der Waals surface area contributed by atoms with E-state index in [1.807, 2.05) is 0 Å². The fourth-order valence-corrected chi connectivity index (χ4v) is 2.27. The Balaban J connectivity index is 2.16. The molecular weight excluding hydrogens is 162 g/mol. The summed E-state index contributed by atoms with van der Waals surface area (Å²) in [5, 5.41) is 3.66. The molecule has 0 aliphatic carbocycles. The van der Waals surface area contributed by atoms with Crippen LogP contribution >= 0.6 is 0 Å². The van der Waals surface area contributed by atoms with Gasteiger partial charge >= 0.3 is 0 Å². The average molecular weight is 185 g/mol. The van der Waals surface area contributed by atoms with Crippen molar-refractivity contribution < 1.29 is 4.74 Å². The van der Waals surface area contributed by atoms with E-state index >= 15 is 0 Å². The molecule has 1 N–H and O–H groups in total. The van der Waals surface area contributed by atoms with Crippen LogP contribution in [0.4, 0.5) is 0 Å². The van der Waals surface area contributed by atoms with Crippen LogP contribution in [0.5, 0.6) is 0 Å². The minimum absolute atomic E-state index is 0.480. The van der Waals surface area contributed by atoms with Crippen molar-refractivity contribution in [2.45, 2.75) is 51.0 Å². The summed E-state index contributed by atoms with van der Waals surface area (Å²) in [6, 6.07) is 0. The van der Waals surface area contributed by atoms with Crippen molar-refractivity contribution in [3.05, 3.63) is 0 Å². The molecule has 13 heavy (non-hydrogen) atoms. The lowest BCUT2D eigenvalue weighted by Crippen LogP contribution is -2.38. The van der Waals surface area contributed by atoms with Crippen LogP contribution in [0.3, 0.4) is 0 Å². The van der Waals surface area contributed by atoms with Gasteiger partial charge in [-0.2, -0.15) is 0 Å². The molecule has 0 bridgehead atoms. The second-order valence-electron chi connectivity index (χ2n) is 4.11. The van der Waals surface area contributed by atoms with Crippen molar-refractivity contribution in [2.24, 2.45) is 0 Å². The third-order valence-corrected chi connectivity index (χ3v) is 3.26. The first-order valence-corrected chi connectivity index (χ1v) is 5.57. The zero-order chi connectivity index (χ0) is 9.57. The standard InChI is InChI=1S/C11H23NO/c1-3-11(8-6-9-12-11)7-4-5-10-13-2/h12H,3-10H2,1-2H3. The van der Waals surface area contributed by atoms with Crippen LogP contribution in [0.2, 0.25) is 0 Å². The minimum Gasteiger partial charge on any atom is -0.385 e. The van der Waals surface area contributed by atoms with Crippen molar-refractivity contribution in [3.8, 4) is 0 Å². The number of unbranched alkanes of at least 4 members (excludes halogenated alkanes) is 1. The van der Waals surface area contributed by atoms with Crippen molar-refractivity contribution in [2.75, 3.05) is 20.3 Å². The number of nitrogens with one attached hydrogen (secondary N) is 1. The summed E-state index contributed by atoms with van der Waals surface area (Å²) in [5.74, 6) is 0. The molecule has 1 aliphatic rings. The summed E-state index contributed by atoms with van der Waals surface area (Å²) in [6.45, 7) is 4.44. The van der Waals surface area contributed by atoms with Crippen LogP contribution in [0, 0.1) is 0 Å². The van der Waals surface area contributed by atoms with Gasteiger partial charge in [0.2, 0.25) is 0 Å². The van der Waals surface area contributed by atoms with Gasteiger partial charge in [-0.15, -0.1) is 0 Å². The van der Waals surface area contributed by atoms with Crippen molar-refractivity contribution in [1.82, 2.24) is 5.32 Å². The molecule has 1 aliphatic heterocycles. The van der Waals surface area contributed by atoms with Crippen LogP contribution in [0.25, 0.3) is 0 Å². The van der Waals surface area contributed by atoms with E-state index in [0.717, 1.165) is 6.61 Å². The molecule has 0 amide bonds. The molecule has 78 valence electrons. The van der Waals surface area contributed by atoms with E-state index in [1.165, 1.54) is 45.1 Å². The highest BCUT2D eigenvalue weighted by atomic mass is 16.5. The molecule has 1 rings (SSSR count). The van der Waals surface area contributed by atoms with E-state index in [2.05, 4.69) is 12.2 Å². The summed E-state index contributed by atoms with van der Waals surface area (Å²) >= 11 is 0. The fraction of sp³-hybridized carbons (Fsp3) is 1.00. The summed E-state index contributed by atoms with van der Waals surface area (Å²) < 4.78 is 5.05. The third kappa shape index (κ3) is 3.28. The van der Waals surface area contributed by atoms with Crippen molar-refractivity contribution in [1.29, 1.82) is 0 Å².